The van der Waals surface area contributed by atoms with Gasteiger partial charge in [-0.2, -0.15) is 0 Å². The van der Waals surface area contributed by atoms with Crippen LogP contribution < -0.4 is 16.6 Å². The van der Waals surface area contributed by atoms with Crippen molar-refractivity contribution in [3.63, 3.8) is 0 Å². The molecule has 4 heterocycles. The Morgan fingerprint density at radius 3 is 2.63 bits per heavy atom. The van der Waals surface area contributed by atoms with Gasteiger partial charge >= 0.3 is 0 Å². The third-order valence-electron chi connectivity index (χ3n) is 4.02. The molecule has 19 heavy (non-hydrogen) atoms. The van der Waals surface area contributed by atoms with E-state index >= 15 is 0 Å². The second kappa shape index (κ2) is 5.10. The van der Waals surface area contributed by atoms with Crippen LogP contribution in [0.4, 0.5) is 5.82 Å². The predicted octanol–water partition coefficient (Wildman–Crippen LogP) is -0.414. The highest BCUT2D eigenvalue weighted by molar-refractivity contribution is 5.92. The minimum Gasteiger partial charge on any atom is -0.346 e. The molecule has 3 aliphatic rings. The van der Waals surface area contributed by atoms with Crippen LogP contribution >= 0.6 is 0 Å². The Kier molecular flexibility index (Phi) is 3.31. The molecule has 4 N–H and O–H groups in total. The van der Waals surface area contributed by atoms with E-state index in [-0.39, 0.29) is 11.9 Å². The summed E-state index contributed by atoms with van der Waals surface area (Å²) in [5, 5.41) is 10.7. The monoisotopic (exact) mass is 262 g/mol. The molecule has 0 spiro atoms. The summed E-state index contributed by atoms with van der Waals surface area (Å²) in [5.74, 6) is 6.10. The van der Waals surface area contributed by atoms with E-state index in [4.69, 9.17) is 5.84 Å². The van der Waals surface area contributed by atoms with Gasteiger partial charge in [0.1, 0.15) is 0 Å². The van der Waals surface area contributed by atoms with E-state index < -0.39 is 0 Å². The first-order chi connectivity index (χ1) is 9.26. The maximum absolute atomic E-state index is 12.1. The molecule has 0 radical (unpaired) electrons. The maximum Gasteiger partial charge on any atom is 0.272 e. The van der Waals surface area contributed by atoms with E-state index in [2.05, 4.69) is 25.8 Å². The Balaban J connectivity index is 1.64. The van der Waals surface area contributed by atoms with Crippen LogP contribution in [0.25, 0.3) is 0 Å². The quantitative estimate of drug-likeness (QED) is 0.506. The Morgan fingerprint density at radius 1 is 1.32 bits per heavy atom. The molecular formula is C12H18N6O. The number of carbonyl (C=O) groups excluding carboxylic acids is 1. The first kappa shape index (κ1) is 12.3. The molecule has 0 saturated carbocycles. The van der Waals surface area contributed by atoms with Crippen LogP contribution in [-0.4, -0.2) is 46.7 Å². The normalized spacial score (nSPS) is 29.0. The van der Waals surface area contributed by atoms with Gasteiger partial charge < -0.3 is 15.6 Å². The van der Waals surface area contributed by atoms with Gasteiger partial charge in [-0.05, 0) is 44.0 Å². The first-order valence-electron chi connectivity index (χ1n) is 6.60. The minimum absolute atomic E-state index is 0.158. The predicted molar refractivity (Wildman–Crippen MR) is 70.3 cm³/mol. The molecule has 0 aromatic carbocycles. The van der Waals surface area contributed by atoms with Crippen molar-refractivity contribution in [2.45, 2.75) is 18.9 Å². The van der Waals surface area contributed by atoms with E-state index in [0.29, 0.717) is 17.4 Å². The van der Waals surface area contributed by atoms with Crippen molar-refractivity contribution < 1.29 is 4.79 Å². The lowest BCUT2D eigenvalue weighted by Crippen LogP contribution is -2.57. The SMILES string of the molecule is NNc1ccc(C(=O)NC2CN3CCC2CC3)nn1. The number of nitrogens with one attached hydrogen (secondary N) is 2. The highest BCUT2D eigenvalue weighted by Gasteiger charge is 2.35. The summed E-state index contributed by atoms with van der Waals surface area (Å²) in [4.78, 5) is 14.5. The third kappa shape index (κ3) is 2.52. The Bertz CT molecular complexity index is 454. The molecular weight excluding hydrogens is 244 g/mol. The number of carbonyl (C=O) groups is 1. The molecule has 7 heteroatoms. The van der Waals surface area contributed by atoms with Crippen molar-refractivity contribution in [2.75, 3.05) is 25.1 Å². The van der Waals surface area contributed by atoms with Gasteiger partial charge in [-0.3, -0.25) is 4.79 Å². The van der Waals surface area contributed by atoms with Gasteiger partial charge in [0.2, 0.25) is 0 Å². The van der Waals surface area contributed by atoms with Crippen LogP contribution in [0, 0.1) is 5.92 Å². The third-order valence-corrected chi connectivity index (χ3v) is 4.02. The number of aromatic nitrogens is 2. The standard InChI is InChI=1S/C12H18N6O/c13-15-11-2-1-9(16-17-11)12(19)14-10-7-18-5-3-8(10)4-6-18/h1-2,8,10H,3-7,13H2,(H,14,19)(H,15,17). The molecule has 3 aliphatic heterocycles. The first-order valence-corrected chi connectivity index (χ1v) is 6.60. The maximum atomic E-state index is 12.1. The Morgan fingerprint density at radius 2 is 2.11 bits per heavy atom. The summed E-state index contributed by atoms with van der Waals surface area (Å²) < 4.78 is 0. The van der Waals surface area contributed by atoms with Gasteiger partial charge in [0.05, 0.1) is 0 Å². The van der Waals surface area contributed by atoms with E-state index in [9.17, 15) is 4.79 Å². The second-order valence-corrected chi connectivity index (χ2v) is 5.17. The number of hydrogen-bond donors (Lipinski definition) is 3. The number of piperidine rings is 3. The molecule has 3 saturated heterocycles. The fourth-order valence-electron chi connectivity index (χ4n) is 2.90. The van der Waals surface area contributed by atoms with Crippen molar-refractivity contribution in [3.8, 4) is 0 Å². The fraction of sp³-hybridized carbons (Fsp3) is 0.583. The highest BCUT2D eigenvalue weighted by Crippen LogP contribution is 2.27. The largest absolute Gasteiger partial charge is 0.346 e. The zero-order valence-corrected chi connectivity index (χ0v) is 10.7. The lowest BCUT2D eigenvalue weighted by molar-refractivity contribution is 0.0617. The molecule has 102 valence electrons. The number of hydrazine groups is 1. The minimum atomic E-state index is -0.158. The van der Waals surface area contributed by atoms with Crippen LogP contribution in [0.15, 0.2) is 12.1 Å². The van der Waals surface area contributed by atoms with Crippen molar-refractivity contribution >= 4 is 11.7 Å². The van der Waals surface area contributed by atoms with Crippen LogP contribution in [0.5, 0.6) is 0 Å². The van der Waals surface area contributed by atoms with Gasteiger partial charge in [-0.1, -0.05) is 0 Å². The van der Waals surface area contributed by atoms with Crippen LogP contribution in [-0.2, 0) is 0 Å². The van der Waals surface area contributed by atoms with Gasteiger partial charge in [0, 0.05) is 12.6 Å². The van der Waals surface area contributed by atoms with Gasteiger partial charge in [-0.25, -0.2) is 5.84 Å². The molecule has 3 fully saturated rings. The highest BCUT2D eigenvalue weighted by atomic mass is 16.2. The van der Waals surface area contributed by atoms with Gasteiger partial charge in [0.15, 0.2) is 11.5 Å². The number of rotatable bonds is 3. The average Bonchev–Trinajstić information content (AvgIpc) is 2.48. The topological polar surface area (TPSA) is 96.2 Å². The van der Waals surface area contributed by atoms with Crippen LogP contribution in [0.1, 0.15) is 23.3 Å². The van der Waals surface area contributed by atoms with Crippen molar-refractivity contribution in [2.24, 2.45) is 11.8 Å². The molecule has 4 rings (SSSR count). The summed E-state index contributed by atoms with van der Waals surface area (Å²) in [6.45, 7) is 3.27. The van der Waals surface area contributed by atoms with E-state index in [0.717, 1.165) is 19.6 Å². The molecule has 1 atom stereocenters. The summed E-state index contributed by atoms with van der Waals surface area (Å²) in [5.41, 5.74) is 2.71. The summed E-state index contributed by atoms with van der Waals surface area (Å²) in [7, 11) is 0. The van der Waals surface area contributed by atoms with Crippen molar-refractivity contribution in [3.05, 3.63) is 17.8 Å². The van der Waals surface area contributed by atoms with E-state index in [1.54, 1.807) is 12.1 Å². The molecule has 1 amide bonds. The molecule has 7 nitrogen and oxygen atoms in total. The Labute approximate surface area is 111 Å². The molecule has 1 unspecified atom stereocenters. The Hall–Kier alpha value is -1.73. The smallest absolute Gasteiger partial charge is 0.272 e. The number of amides is 1. The van der Waals surface area contributed by atoms with Crippen LogP contribution in [0.3, 0.4) is 0 Å². The molecule has 1 aromatic heterocycles. The van der Waals surface area contributed by atoms with E-state index in [1.807, 2.05) is 0 Å². The number of nitrogens with two attached hydrogens (primary N) is 1. The van der Waals surface area contributed by atoms with Crippen LogP contribution in [0.2, 0.25) is 0 Å². The zero-order valence-electron chi connectivity index (χ0n) is 10.7. The van der Waals surface area contributed by atoms with Gasteiger partial charge in [-0.15, -0.1) is 10.2 Å². The second-order valence-electron chi connectivity index (χ2n) is 5.17. The van der Waals surface area contributed by atoms with Crippen molar-refractivity contribution in [1.29, 1.82) is 0 Å². The van der Waals surface area contributed by atoms with Crippen molar-refractivity contribution in [1.82, 2.24) is 20.4 Å². The van der Waals surface area contributed by atoms with E-state index in [1.165, 1.54) is 12.8 Å². The average molecular weight is 262 g/mol. The summed E-state index contributed by atoms with van der Waals surface area (Å²) in [6.07, 6.45) is 2.35. The number of nitrogen functional groups attached to an aromatic ring is 1. The molecule has 1 aromatic rings. The number of anilines is 1. The molecule has 0 aliphatic carbocycles. The lowest BCUT2D eigenvalue weighted by Gasteiger charge is -2.44. The number of nitrogens with zero attached hydrogens (tertiary/aromatic N) is 3. The summed E-state index contributed by atoms with van der Waals surface area (Å²) in [6, 6.07) is 3.50. The molecule has 2 bridgehead atoms. The van der Waals surface area contributed by atoms with Gasteiger partial charge in [0.25, 0.3) is 5.91 Å². The zero-order chi connectivity index (χ0) is 13.2. The fourth-order valence-corrected chi connectivity index (χ4v) is 2.90. The number of hydrogen-bond acceptors (Lipinski definition) is 6. The number of fused-ring (bicyclic) bond motifs is 3. The lowest BCUT2D eigenvalue weighted by atomic mass is 9.84. The summed E-state index contributed by atoms with van der Waals surface area (Å²) >= 11 is 0.